The van der Waals surface area contributed by atoms with E-state index in [2.05, 4.69) is 0 Å². The molecule has 2 atom stereocenters. The van der Waals surface area contributed by atoms with Crippen molar-refractivity contribution in [1.29, 1.82) is 0 Å². The molecular weight excluding hydrogens is 162 g/mol. The maximum Gasteiger partial charge on any atom is 0.407 e. The third-order valence-corrected chi connectivity index (χ3v) is 2.17. The molecule has 1 amide bonds. The minimum Gasteiger partial charge on any atom is -0.465 e. The quantitative estimate of drug-likeness (QED) is 0.607. The topological polar surface area (TPSA) is 70.0 Å². The predicted octanol–water partition coefficient (Wildman–Crippen LogP) is -0.254. The highest BCUT2D eigenvalue weighted by Crippen LogP contribution is 2.19. The van der Waals surface area contributed by atoms with Gasteiger partial charge in [0.05, 0.1) is 25.3 Å². The number of hydrogen-bond acceptors (Lipinski definition) is 3. The fourth-order valence-corrected chi connectivity index (χ4v) is 1.45. The number of nitrogens with zero attached hydrogens (tertiary/aromatic N) is 1. The first-order valence-electron chi connectivity index (χ1n) is 3.82. The summed E-state index contributed by atoms with van der Waals surface area (Å²) in [5.74, 6) is 0. The van der Waals surface area contributed by atoms with Crippen LogP contribution >= 0.6 is 0 Å². The molecule has 1 aliphatic heterocycles. The van der Waals surface area contributed by atoms with Crippen LogP contribution in [0.2, 0.25) is 0 Å². The summed E-state index contributed by atoms with van der Waals surface area (Å²) < 4.78 is 5.01. The van der Waals surface area contributed by atoms with E-state index in [1.165, 1.54) is 4.90 Å². The molecule has 1 rings (SSSR count). The second-order valence-electron chi connectivity index (χ2n) is 2.86. The van der Waals surface area contributed by atoms with Crippen LogP contribution in [0.1, 0.15) is 6.42 Å². The van der Waals surface area contributed by atoms with Gasteiger partial charge in [0.1, 0.15) is 0 Å². The summed E-state index contributed by atoms with van der Waals surface area (Å²) in [6.07, 6.45) is -0.480. The van der Waals surface area contributed by atoms with E-state index in [0.29, 0.717) is 13.0 Å². The minimum absolute atomic E-state index is 0.0711. The molecule has 0 spiro atoms. The Morgan fingerprint density at radius 2 is 2.42 bits per heavy atom. The lowest BCUT2D eigenvalue weighted by atomic mass is 10.2. The second-order valence-corrected chi connectivity index (χ2v) is 2.86. The number of aliphatic hydroxyl groups excluding tert-OH is 1. The Kier molecular flexibility index (Phi) is 2.88. The van der Waals surface area contributed by atoms with E-state index in [9.17, 15) is 4.79 Å². The predicted molar refractivity (Wildman–Crippen MR) is 41.0 cm³/mol. The van der Waals surface area contributed by atoms with E-state index in [4.69, 9.17) is 14.9 Å². The Labute approximate surface area is 70.5 Å². The van der Waals surface area contributed by atoms with Crippen LogP contribution in [0.15, 0.2) is 0 Å². The Bertz CT molecular complexity index is 173. The van der Waals surface area contributed by atoms with Crippen molar-refractivity contribution < 1.29 is 19.7 Å². The van der Waals surface area contributed by atoms with Crippen molar-refractivity contribution in [2.75, 3.05) is 20.3 Å². The molecule has 2 N–H and O–H groups in total. The van der Waals surface area contributed by atoms with Gasteiger partial charge >= 0.3 is 6.09 Å². The number of hydrogen-bond donors (Lipinski definition) is 2. The van der Waals surface area contributed by atoms with Crippen LogP contribution in [0.5, 0.6) is 0 Å². The lowest BCUT2D eigenvalue weighted by Crippen LogP contribution is -2.36. The highest BCUT2D eigenvalue weighted by molar-refractivity contribution is 5.66. The summed E-state index contributed by atoms with van der Waals surface area (Å²) in [5.41, 5.74) is 0. The number of carbonyl (C=O) groups is 1. The van der Waals surface area contributed by atoms with Crippen LogP contribution in [-0.2, 0) is 4.74 Å². The Morgan fingerprint density at radius 3 is 2.75 bits per heavy atom. The maximum atomic E-state index is 10.6. The molecule has 0 saturated carbocycles. The molecule has 1 aliphatic rings. The van der Waals surface area contributed by atoms with Crippen LogP contribution < -0.4 is 0 Å². The number of methoxy groups -OCH3 is 1. The number of aliphatic hydroxyl groups is 1. The molecule has 1 fully saturated rings. The Morgan fingerprint density at radius 1 is 1.75 bits per heavy atom. The SMILES string of the molecule is CO[C@H]1C[C@@H](CO)N(C(=O)O)C1. The lowest BCUT2D eigenvalue weighted by Gasteiger charge is -2.18. The number of likely N-dealkylation sites (tertiary alicyclic amines) is 1. The van der Waals surface area contributed by atoms with Gasteiger partial charge in [-0.3, -0.25) is 0 Å². The van der Waals surface area contributed by atoms with Crippen LogP contribution in [0.25, 0.3) is 0 Å². The Hall–Kier alpha value is -0.810. The zero-order valence-corrected chi connectivity index (χ0v) is 6.93. The molecule has 12 heavy (non-hydrogen) atoms. The lowest BCUT2D eigenvalue weighted by molar-refractivity contribution is 0.101. The van der Waals surface area contributed by atoms with E-state index < -0.39 is 6.09 Å². The third-order valence-electron chi connectivity index (χ3n) is 2.17. The Balaban J connectivity index is 2.56. The zero-order valence-electron chi connectivity index (χ0n) is 6.93. The number of carboxylic acid groups (broad SMARTS) is 1. The molecule has 1 saturated heterocycles. The number of ether oxygens (including phenoxy) is 1. The van der Waals surface area contributed by atoms with Gasteiger partial charge in [0, 0.05) is 7.11 Å². The molecule has 1 heterocycles. The van der Waals surface area contributed by atoms with Crippen molar-refractivity contribution in [2.45, 2.75) is 18.6 Å². The molecule has 0 bridgehead atoms. The van der Waals surface area contributed by atoms with E-state index in [-0.39, 0.29) is 18.8 Å². The first-order valence-corrected chi connectivity index (χ1v) is 3.82. The standard InChI is InChI=1S/C7H13NO4/c1-12-6-2-5(4-9)8(3-6)7(10)11/h5-6,9H,2-4H2,1H3,(H,10,11)/t5-,6-/m0/s1. The first-order chi connectivity index (χ1) is 5.69. The zero-order chi connectivity index (χ0) is 9.14. The molecule has 0 radical (unpaired) electrons. The number of rotatable bonds is 2. The van der Waals surface area contributed by atoms with Gasteiger partial charge in [0.25, 0.3) is 0 Å². The van der Waals surface area contributed by atoms with Gasteiger partial charge in [-0.2, -0.15) is 0 Å². The van der Waals surface area contributed by atoms with E-state index >= 15 is 0 Å². The molecule has 0 aliphatic carbocycles. The fourth-order valence-electron chi connectivity index (χ4n) is 1.45. The summed E-state index contributed by atoms with van der Waals surface area (Å²) >= 11 is 0. The van der Waals surface area contributed by atoms with Crippen molar-refractivity contribution in [3.63, 3.8) is 0 Å². The summed E-state index contributed by atoms with van der Waals surface area (Å²) in [7, 11) is 1.55. The van der Waals surface area contributed by atoms with E-state index in [1.54, 1.807) is 7.11 Å². The van der Waals surface area contributed by atoms with Gasteiger partial charge in [-0.1, -0.05) is 0 Å². The molecule has 5 heteroatoms. The van der Waals surface area contributed by atoms with Gasteiger partial charge in [0.15, 0.2) is 0 Å². The van der Waals surface area contributed by atoms with Crippen LogP contribution in [0.3, 0.4) is 0 Å². The van der Waals surface area contributed by atoms with Gasteiger partial charge in [0.2, 0.25) is 0 Å². The average Bonchev–Trinajstić information content (AvgIpc) is 2.47. The molecule has 0 aromatic rings. The van der Waals surface area contributed by atoms with E-state index in [1.807, 2.05) is 0 Å². The minimum atomic E-state index is -0.992. The van der Waals surface area contributed by atoms with Crippen molar-refractivity contribution in [2.24, 2.45) is 0 Å². The van der Waals surface area contributed by atoms with Crippen LogP contribution in [0, 0.1) is 0 Å². The van der Waals surface area contributed by atoms with Crippen LogP contribution in [-0.4, -0.2) is 53.6 Å². The molecule has 0 unspecified atom stereocenters. The average molecular weight is 175 g/mol. The van der Waals surface area contributed by atoms with E-state index in [0.717, 1.165) is 0 Å². The largest absolute Gasteiger partial charge is 0.465 e. The van der Waals surface area contributed by atoms with Crippen molar-refractivity contribution in [1.82, 2.24) is 4.90 Å². The van der Waals surface area contributed by atoms with Crippen molar-refractivity contribution in [3.05, 3.63) is 0 Å². The summed E-state index contributed by atoms with van der Waals surface area (Å²) in [5, 5.41) is 17.5. The molecular formula is C7H13NO4. The first kappa shape index (κ1) is 9.28. The molecule has 0 aromatic carbocycles. The summed E-state index contributed by atoms with van der Waals surface area (Å²) in [6.45, 7) is 0.225. The summed E-state index contributed by atoms with van der Waals surface area (Å²) in [6, 6.07) is -0.299. The van der Waals surface area contributed by atoms with Gasteiger partial charge in [-0.05, 0) is 6.42 Å². The van der Waals surface area contributed by atoms with Crippen molar-refractivity contribution >= 4 is 6.09 Å². The van der Waals surface area contributed by atoms with Gasteiger partial charge in [-0.25, -0.2) is 4.79 Å². The summed E-state index contributed by atoms with van der Waals surface area (Å²) in [4.78, 5) is 11.8. The fraction of sp³-hybridized carbons (Fsp3) is 0.857. The monoisotopic (exact) mass is 175 g/mol. The van der Waals surface area contributed by atoms with Gasteiger partial charge < -0.3 is 19.8 Å². The molecule has 70 valence electrons. The van der Waals surface area contributed by atoms with Gasteiger partial charge in [-0.15, -0.1) is 0 Å². The molecule has 0 aromatic heterocycles. The van der Waals surface area contributed by atoms with Crippen molar-refractivity contribution in [3.8, 4) is 0 Å². The maximum absolute atomic E-state index is 10.6. The highest BCUT2D eigenvalue weighted by atomic mass is 16.5. The number of amides is 1. The smallest absolute Gasteiger partial charge is 0.407 e. The third kappa shape index (κ3) is 1.67. The second kappa shape index (κ2) is 3.73. The molecule has 5 nitrogen and oxygen atoms in total. The normalized spacial score (nSPS) is 29.3. The highest BCUT2D eigenvalue weighted by Gasteiger charge is 2.34. The van der Waals surface area contributed by atoms with Crippen LogP contribution in [0.4, 0.5) is 4.79 Å².